The number of carbonyl (C=O) groups excluding carboxylic acids is 2. The van der Waals surface area contributed by atoms with E-state index in [9.17, 15) is 18.0 Å². The molecule has 0 saturated carbocycles. The van der Waals surface area contributed by atoms with Crippen LogP contribution in [0.15, 0.2) is 54.1 Å². The second-order valence-corrected chi connectivity index (χ2v) is 9.26. The van der Waals surface area contributed by atoms with Crippen molar-refractivity contribution in [1.29, 1.82) is 0 Å². The van der Waals surface area contributed by atoms with Crippen molar-refractivity contribution in [3.63, 3.8) is 0 Å². The summed E-state index contributed by atoms with van der Waals surface area (Å²) < 4.78 is 26.7. The van der Waals surface area contributed by atoms with E-state index in [-0.39, 0.29) is 10.5 Å². The number of carbonyl (C=O) groups is 2. The Hall–Kier alpha value is -2.93. The van der Waals surface area contributed by atoms with Crippen LogP contribution in [-0.4, -0.2) is 31.1 Å². The Bertz CT molecular complexity index is 1080. The molecule has 0 radical (unpaired) electrons. The topological polar surface area (TPSA) is 83.6 Å². The fourth-order valence-corrected chi connectivity index (χ4v) is 4.98. The number of sulfonamides is 1. The Morgan fingerprint density at radius 3 is 2.14 bits per heavy atom. The van der Waals surface area contributed by atoms with E-state index in [1.807, 2.05) is 45.0 Å². The molecular formula is C22H24N2O4S. The molecule has 0 fully saturated rings. The average molecular weight is 413 g/mol. The fourth-order valence-electron chi connectivity index (χ4n) is 3.21. The van der Waals surface area contributed by atoms with E-state index in [0.29, 0.717) is 21.5 Å². The van der Waals surface area contributed by atoms with E-state index >= 15 is 0 Å². The van der Waals surface area contributed by atoms with Gasteiger partial charge >= 0.3 is 0 Å². The minimum atomic E-state index is -4.10. The zero-order valence-corrected chi connectivity index (χ0v) is 17.7. The van der Waals surface area contributed by atoms with E-state index in [0.717, 1.165) is 11.1 Å². The van der Waals surface area contributed by atoms with Crippen LogP contribution in [0.2, 0.25) is 0 Å². The lowest BCUT2D eigenvalue weighted by atomic mass is 10.0. The van der Waals surface area contributed by atoms with Crippen molar-refractivity contribution in [2.75, 3.05) is 11.9 Å². The van der Waals surface area contributed by atoms with Crippen LogP contribution in [0, 0.1) is 6.92 Å². The van der Waals surface area contributed by atoms with Crippen LogP contribution < -0.4 is 5.32 Å². The molecule has 0 unspecified atom stereocenters. The molecule has 29 heavy (non-hydrogen) atoms. The van der Waals surface area contributed by atoms with Crippen molar-refractivity contribution in [1.82, 2.24) is 4.31 Å². The van der Waals surface area contributed by atoms with Gasteiger partial charge in [0.25, 0.3) is 15.9 Å². The van der Waals surface area contributed by atoms with Crippen molar-refractivity contribution in [2.45, 2.75) is 33.6 Å². The lowest BCUT2D eigenvalue weighted by Gasteiger charge is -2.16. The largest absolute Gasteiger partial charge is 0.325 e. The Balaban J connectivity index is 1.83. The Morgan fingerprint density at radius 1 is 1.00 bits per heavy atom. The predicted octanol–water partition coefficient (Wildman–Crippen LogP) is 3.66. The molecule has 0 aromatic heterocycles. The van der Waals surface area contributed by atoms with Crippen LogP contribution in [0.1, 0.15) is 43.4 Å². The summed E-state index contributed by atoms with van der Waals surface area (Å²) in [4.78, 5) is 24.9. The molecule has 0 spiro atoms. The molecule has 2 aromatic rings. The van der Waals surface area contributed by atoms with Crippen LogP contribution in [0.4, 0.5) is 5.69 Å². The van der Waals surface area contributed by atoms with Crippen LogP contribution in [0.3, 0.4) is 0 Å². The molecule has 3 rings (SSSR count). The third-order valence-electron chi connectivity index (χ3n) is 4.90. The van der Waals surface area contributed by atoms with Gasteiger partial charge in [0.2, 0.25) is 5.91 Å². The first-order chi connectivity index (χ1) is 13.6. The predicted molar refractivity (Wildman–Crippen MR) is 114 cm³/mol. The number of aryl methyl sites for hydroxylation is 1. The van der Waals surface area contributed by atoms with E-state index in [4.69, 9.17) is 0 Å². The normalized spacial score (nSPS) is 15.9. The molecule has 1 heterocycles. The van der Waals surface area contributed by atoms with Crippen molar-refractivity contribution in [3.05, 3.63) is 70.8 Å². The van der Waals surface area contributed by atoms with E-state index in [1.165, 1.54) is 6.92 Å². The first-order valence-electron chi connectivity index (χ1n) is 9.36. The van der Waals surface area contributed by atoms with E-state index < -0.39 is 28.4 Å². The molecular weight excluding hydrogens is 388 g/mol. The van der Waals surface area contributed by atoms with Gasteiger partial charge in [-0.1, -0.05) is 55.8 Å². The summed E-state index contributed by atoms with van der Waals surface area (Å²) in [5.41, 5.74) is 3.21. The number of benzene rings is 2. The van der Waals surface area contributed by atoms with Gasteiger partial charge < -0.3 is 5.32 Å². The second kappa shape index (κ2) is 7.83. The highest BCUT2D eigenvalue weighted by Gasteiger charge is 2.43. The molecule has 1 aliphatic heterocycles. The first-order valence-corrected chi connectivity index (χ1v) is 10.8. The monoisotopic (exact) mass is 412 g/mol. The van der Waals surface area contributed by atoms with Crippen molar-refractivity contribution in [3.8, 4) is 0 Å². The van der Waals surface area contributed by atoms with Gasteiger partial charge in [-0.2, -0.15) is 0 Å². The van der Waals surface area contributed by atoms with E-state index in [2.05, 4.69) is 5.32 Å². The quantitative estimate of drug-likeness (QED) is 0.812. The maximum atomic E-state index is 13.0. The lowest BCUT2D eigenvalue weighted by Crippen LogP contribution is -2.38. The van der Waals surface area contributed by atoms with Gasteiger partial charge in [-0.15, -0.1) is 0 Å². The Labute approximate surface area is 171 Å². The number of anilines is 1. The Kier molecular flexibility index (Phi) is 5.61. The molecule has 1 aliphatic rings. The fraction of sp³-hybridized carbons (Fsp3) is 0.273. The second-order valence-electron chi connectivity index (χ2n) is 7.46. The zero-order chi connectivity index (χ0) is 21.3. The number of nitrogens with one attached hydrogen (secondary N) is 1. The molecule has 152 valence electrons. The summed E-state index contributed by atoms with van der Waals surface area (Å²) >= 11 is 0. The highest BCUT2D eigenvalue weighted by Crippen LogP contribution is 2.35. The summed E-state index contributed by atoms with van der Waals surface area (Å²) in [6, 6.07) is 14.2. The van der Waals surface area contributed by atoms with Gasteiger partial charge in [0, 0.05) is 11.3 Å². The summed E-state index contributed by atoms with van der Waals surface area (Å²) in [7, 11) is -4.10. The molecule has 0 saturated heterocycles. The van der Waals surface area contributed by atoms with Crippen LogP contribution in [0.25, 0.3) is 4.91 Å². The van der Waals surface area contributed by atoms with Gasteiger partial charge in [0.15, 0.2) is 0 Å². The molecule has 2 amide bonds. The zero-order valence-electron chi connectivity index (χ0n) is 16.9. The molecule has 2 aromatic carbocycles. The summed E-state index contributed by atoms with van der Waals surface area (Å²) in [5.74, 6) is -0.940. The number of amides is 2. The highest BCUT2D eigenvalue weighted by molar-refractivity contribution is 7.99. The van der Waals surface area contributed by atoms with Gasteiger partial charge in [-0.05, 0) is 43.0 Å². The maximum absolute atomic E-state index is 13.0. The van der Waals surface area contributed by atoms with Crippen molar-refractivity contribution in [2.24, 2.45) is 0 Å². The number of hydrogen-bond acceptors (Lipinski definition) is 4. The molecule has 6 nitrogen and oxygen atoms in total. The smallest absolute Gasteiger partial charge is 0.268 e. The third-order valence-corrected chi connectivity index (χ3v) is 6.83. The van der Waals surface area contributed by atoms with Gasteiger partial charge in [0.05, 0.1) is 0 Å². The number of rotatable bonds is 5. The van der Waals surface area contributed by atoms with Gasteiger partial charge in [-0.25, -0.2) is 12.7 Å². The van der Waals surface area contributed by atoms with E-state index in [1.54, 1.807) is 24.3 Å². The molecule has 1 N–H and O–H groups in total. The van der Waals surface area contributed by atoms with Gasteiger partial charge in [-0.3, -0.25) is 9.59 Å². The van der Waals surface area contributed by atoms with Crippen LogP contribution >= 0.6 is 0 Å². The molecule has 0 bridgehead atoms. The van der Waals surface area contributed by atoms with Crippen molar-refractivity contribution < 1.29 is 18.0 Å². The highest BCUT2D eigenvalue weighted by atomic mass is 32.2. The van der Waals surface area contributed by atoms with Gasteiger partial charge in [0.1, 0.15) is 11.4 Å². The molecule has 0 atom stereocenters. The summed E-state index contributed by atoms with van der Waals surface area (Å²) in [5, 5.41) is 2.63. The number of hydrogen-bond donors (Lipinski definition) is 1. The van der Waals surface area contributed by atoms with Crippen LogP contribution in [0.5, 0.6) is 0 Å². The van der Waals surface area contributed by atoms with Crippen LogP contribution in [-0.2, 0) is 19.6 Å². The maximum Gasteiger partial charge on any atom is 0.268 e. The lowest BCUT2D eigenvalue weighted by molar-refractivity contribution is -0.126. The average Bonchev–Trinajstić information content (AvgIpc) is 2.83. The molecule has 7 heteroatoms. The first kappa shape index (κ1) is 20.8. The summed E-state index contributed by atoms with van der Waals surface area (Å²) in [6.07, 6.45) is 0. The minimum Gasteiger partial charge on any atom is -0.325 e. The Morgan fingerprint density at radius 2 is 1.59 bits per heavy atom. The standard InChI is InChI=1S/C22H24N2O4S/c1-14(2)17-7-9-18(10-8-17)21-16(4)22(26)24(29(21,27)28)13-20(25)23-19-11-5-15(3)6-12-19/h5-12,14H,13H2,1-4H3,(H,23,25). The summed E-state index contributed by atoms with van der Waals surface area (Å²) in [6.45, 7) is 6.92. The SMILES string of the molecule is CC1=C(c2ccc(C(C)C)cc2)S(=O)(=O)N(CC(=O)Nc2ccc(C)cc2)C1=O. The van der Waals surface area contributed by atoms with Crippen molar-refractivity contribution >= 4 is 32.4 Å². The third kappa shape index (κ3) is 4.10. The molecule has 0 aliphatic carbocycles. The minimum absolute atomic E-state index is 0.0408. The number of nitrogens with zero attached hydrogens (tertiary/aromatic N) is 1.